The van der Waals surface area contributed by atoms with E-state index >= 15 is 0 Å². The highest BCUT2D eigenvalue weighted by molar-refractivity contribution is 7.19. The molecule has 3 aromatic rings. The molecule has 5 rings (SSSR count). The summed E-state index contributed by atoms with van der Waals surface area (Å²) in [5, 5.41) is 5.77. The molecule has 5 nitrogen and oxygen atoms in total. The van der Waals surface area contributed by atoms with Crippen molar-refractivity contribution >= 4 is 33.1 Å². The number of fused-ring (bicyclic) bond motifs is 5. The van der Waals surface area contributed by atoms with Gasteiger partial charge in [0.1, 0.15) is 11.2 Å². The maximum atomic E-state index is 5.06. The maximum absolute atomic E-state index is 5.06. The minimum absolute atomic E-state index is 0.524. The molecule has 6 heteroatoms. The topological polar surface area (TPSA) is 46.3 Å². The van der Waals surface area contributed by atoms with Gasteiger partial charge in [0.25, 0.3) is 0 Å². The fourth-order valence-electron chi connectivity index (χ4n) is 4.14. The molecule has 120 valence electrons. The highest BCUT2D eigenvalue weighted by Crippen LogP contribution is 2.38. The summed E-state index contributed by atoms with van der Waals surface area (Å²) in [6, 6.07) is 0.524. The number of aryl methyl sites for hydroxylation is 2. The SMILES string of the molecule is C[C@H]1CCCCN1c1nc2sc3c(c2c2ncnn12)CCCC3. The number of anilines is 1. The summed E-state index contributed by atoms with van der Waals surface area (Å²) in [5.74, 6) is 0.982. The molecule has 23 heavy (non-hydrogen) atoms. The summed E-state index contributed by atoms with van der Waals surface area (Å²) in [6.07, 6.45) is 10.4. The first-order chi connectivity index (χ1) is 11.3. The number of nitrogens with zero attached hydrogens (tertiary/aromatic N) is 5. The lowest BCUT2D eigenvalue weighted by Crippen LogP contribution is -2.39. The van der Waals surface area contributed by atoms with Crippen LogP contribution in [0.1, 0.15) is 49.5 Å². The minimum Gasteiger partial charge on any atom is -0.338 e. The van der Waals surface area contributed by atoms with Gasteiger partial charge in [-0.05, 0) is 57.4 Å². The van der Waals surface area contributed by atoms with Crippen molar-refractivity contribution in [1.29, 1.82) is 0 Å². The molecule has 1 atom stereocenters. The molecule has 2 aliphatic rings. The van der Waals surface area contributed by atoms with E-state index in [9.17, 15) is 0 Å². The van der Waals surface area contributed by atoms with Crippen LogP contribution in [0.2, 0.25) is 0 Å². The highest BCUT2D eigenvalue weighted by atomic mass is 32.1. The third-order valence-electron chi connectivity index (χ3n) is 5.37. The monoisotopic (exact) mass is 327 g/mol. The first kappa shape index (κ1) is 13.7. The Labute approximate surface area is 139 Å². The normalized spacial score (nSPS) is 22.0. The van der Waals surface area contributed by atoms with Crippen LogP contribution >= 0.6 is 11.3 Å². The van der Waals surface area contributed by atoms with Crippen molar-refractivity contribution in [2.24, 2.45) is 0 Å². The molecule has 0 bridgehead atoms. The standard InChI is InChI=1S/C17H21N5S/c1-11-6-4-5-9-21(11)17-20-16-14(15-18-10-19-22(15)17)12-7-2-3-8-13(12)23-16/h10-11H,2-9H2,1H3/t11-/m0/s1. The second-order valence-electron chi connectivity index (χ2n) is 6.84. The van der Waals surface area contributed by atoms with E-state index < -0.39 is 0 Å². The van der Waals surface area contributed by atoms with Gasteiger partial charge in [-0.25, -0.2) is 9.97 Å². The van der Waals surface area contributed by atoms with Gasteiger partial charge in [-0.1, -0.05) is 0 Å². The average molecular weight is 327 g/mol. The molecule has 0 unspecified atom stereocenters. The largest absolute Gasteiger partial charge is 0.338 e. The van der Waals surface area contributed by atoms with Crippen LogP contribution in [-0.2, 0) is 12.8 Å². The third-order valence-corrected chi connectivity index (χ3v) is 6.56. The second kappa shape index (κ2) is 5.16. The van der Waals surface area contributed by atoms with Crippen LogP contribution < -0.4 is 4.90 Å². The molecule has 0 aromatic carbocycles. The van der Waals surface area contributed by atoms with E-state index in [1.807, 2.05) is 15.9 Å². The van der Waals surface area contributed by atoms with E-state index in [0.29, 0.717) is 6.04 Å². The van der Waals surface area contributed by atoms with Gasteiger partial charge in [-0.3, -0.25) is 0 Å². The first-order valence-electron chi connectivity index (χ1n) is 8.73. The van der Waals surface area contributed by atoms with Crippen LogP contribution in [0, 0.1) is 0 Å². The molecule has 3 aromatic heterocycles. The Balaban J connectivity index is 1.78. The zero-order chi connectivity index (χ0) is 15.4. The molecule has 0 saturated carbocycles. The van der Waals surface area contributed by atoms with Gasteiger partial charge >= 0.3 is 0 Å². The van der Waals surface area contributed by atoms with Crippen molar-refractivity contribution in [3.63, 3.8) is 0 Å². The number of aromatic nitrogens is 4. The van der Waals surface area contributed by atoms with Gasteiger partial charge in [0.05, 0.1) is 5.39 Å². The lowest BCUT2D eigenvalue weighted by atomic mass is 9.97. The fraction of sp³-hybridized carbons (Fsp3) is 0.588. The van der Waals surface area contributed by atoms with Gasteiger partial charge in [-0.15, -0.1) is 11.3 Å². The van der Waals surface area contributed by atoms with Crippen molar-refractivity contribution in [2.45, 2.75) is 57.9 Å². The van der Waals surface area contributed by atoms with E-state index in [0.717, 1.165) is 23.0 Å². The quantitative estimate of drug-likeness (QED) is 0.685. The Morgan fingerprint density at radius 1 is 1.17 bits per heavy atom. The van der Waals surface area contributed by atoms with Crippen molar-refractivity contribution in [3.8, 4) is 0 Å². The number of hydrogen-bond acceptors (Lipinski definition) is 5. The van der Waals surface area contributed by atoms with Crippen molar-refractivity contribution in [2.75, 3.05) is 11.4 Å². The van der Waals surface area contributed by atoms with Crippen LogP contribution in [0.5, 0.6) is 0 Å². The van der Waals surface area contributed by atoms with Crippen LogP contribution in [0.3, 0.4) is 0 Å². The second-order valence-corrected chi connectivity index (χ2v) is 7.92. The van der Waals surface area contributed by atoms with Gasteiger partial charge in [0.15, 0.2) is 5.65 Å². The molecule has 0 amide bonds. The number of piperidine rings is 1. The van der Waals surface area contributed by atoms with E-state index in [1.54, 1.807) is 6.33 Å². The minimum atomic E-state index is 0.524. The summed E-state index contributed by atoms with van der Waals surface area (Å²) < 4.78 is 1.98. The molecule has 1 fully saturated rings. The molecule has 1 aliphatic carbocycles. The van der Waals surface area contributed by atoms with Gasteiger partial charge in [0, 0.05) is 17.5 Å². The summed E-state index contributed by atoms with van der Waals surface area (Å²) in [6.45, 7) is 3.37. The fourth-order valence-corrected chi connectivity index (χ4v) is 5.39. The van der Waals surface area contributed by atoms with Gasteiger partial charge in [-0.2, -0.15) is 9.61 Å². The number of thiophene rings is 1. The molecule has 0 N–H and O–H groups in total. The molecule has 1 aliphatic heterocycles. The molecular formula is C17H21N5S. The molecule has 0 spiro atoms. The smallest absolute Gasteiger partial charge is 0.230 e. The van der Waals surface area contributed by atoms with Crippen LogP contribution in [0.4, 0.5) is 5.95 Å². The molecule has 0 radical (unpaired) electrons. The number of hydrogen-bond donors (Lipinski definition) is 0. The van der Waals surface area contributed by atoms with E-state index in [-0.39, 0.29) is 0 Å². The maximum Gasteiger partial charge on any atom is 0.230 e. The summed E-state index contributed by atoms with van der Waals surface area (Å²) in [4.78, 5) is 14.8. The lowest BCUT2D eigenvalue weighted by Gasteiger charge is -2.34. The summed E-state index contributed by atoms with van der Waals surface area (Å²) >= 11 is 1.88. The summed E-state index contributed by atoms with van der Waals surface area (Å²) in [5.41, 5.74) is 2.49. The van der Waals surface area contributed by atoms with Crippen LogP contribution in [0.25, 0.3) is 15.9 Å². The zero-order valence-electron chi connectivity index (χ0n) is 13.5. The Hall–Kier alpha value is -1.69. The first-order valence-corrected chi connectivity index (χ1v) is 9.55. The van der Waals surface area contributed by atoms with Gasteiger partial charge < -0.3 is 4.90 Å². The highest BCUT2D eigenvalue weighted by Gasteiger charge is 2.26. The van der Waals surface area contributed by atoms with E-state index in [2.05, 4.69) is 21.9 Å². The molecular weight excluding hydrogens is 306 g/mol. The van der Waals surface area contributed by atoms with Crippen LogP contribution in [-0.4, -0.2) is 32.2 Å². The zero-order valence-corrected chi connectivity index (χ0v) is 14.3. The number of rotatable bonds is 1. The predicted octanol–water partition coefficient (Wildman–Crippen LogP) is 3.60. The Morgan fingerprint density at radius 2 is 2.09 bits per heavy atom. The predicted molar refractivity (Wildman–Crippen MR) is 93.5 cm³/mol. The van der Waals surface area contributed by atoms with Crippen LogP contribution in [0.15, 0.2) is 6.33 Å². The average Bonchev–Trinajstić information content (AvgIpc) is 3.18. The third kappa shape index (κ3) is 2.00. The van der Waals surface area contributed by atoms with Crippen molar-refractivity contribution in [1.82, 2.24) is 19.6 Å². The lowest BCUT2D eigenvalue weighted by molar-refractivity contribution is 0.474. The Bertz CT molecular complexity index is 880. The Kier molecular flexibility index (Phi) is 3.08. The molecule has 4 heterocycles. The Morgan fingerprint density at radius 3 is 3.00 bits per heavy atom. The molecule has 1 saturated heterocycles. The van der Waals surface area contributed by atoms with Crippen molar-refractivity contribution < 1.29 is 0 Å². The summed E-state index contributed by atoms with van der Waals surface area (Å²) in [7, 11) is 0. The van der Waals surface area contributed by atoms with E-state index in [1.165, 1.54) is 60.8 Å². The van der Waals surface area contributed by atoms with Crippen molar-refractivity contribution in [3.05, 3.63) is 16.8 Å². The van der Waals surface area contributed by atoms with E-state index in [4.69, 9.17) is 4.98 Å². The van der Waals surface area contributed by atoms with Gasteiger partial charge in [0.2, 0.25) is 5.95 Å².